The number of alkyl halides is 1. The zero-order valence-electron chi connectivity index (χ0n) is 10.2. The van der Waals surface area contributed by atoms with Crippen molar-refractivity contribution in [1.29, 1.82) is 0 Å². The molecular weight excluding hydrogens is 268 g/mol. The van der Waals surface area contributed by atoms with Gasteiger partial charge in [0.25, 0.3) is 0 Å². The van der Waals surface area contributed by atoms with Gasteiger partial charge < -0.3 is 0 Å². The van der Waals surface area contributed by atoms with Crippen molar-refractivity contribution in [2.24, 2.45) is 5.92 Å². The largest absolute Gasteiger partial charge is 0.131 e. The van der Waals surface area contributed by atoms with Gasteiger partial charge in [-0.15, -0.1) is 11.8 Å². The van der Waals surface area contributed by atoms with Crippen LogP contribution >= 0.6 is 27.7 Å². The Bertz CT molecular complexity index is 157. The molecule has 1 atom stereocenters. The van der Waals surface area contributed by atoms with Crippen molar-refractivity contribution >= 4 is 27.7 Å². The average Bonchev–Trinajstić information content (AvgIpc) is 2.24. The van der Waals surface area contributed by atoms with Crippen LogP contribution in [0.3, 0.4) is 0 Å². The number of allylic oxidation sites excluding steroid dienone is 1. The Hall–Kier alpha value is 0.570. The first-order valence-electron chi connectivity index (χ1n) is 6.09. The van der Waals surface area contributed by atoms with Crippen molar-refractivity contribution in [2.45, 2.75) is 52.4 Å². The summed E-state index contributed by atoms with van der Waals surface area (Å²) in [6.45, 7) is 8.74. The molecule has 0 aliphatic carbocycles. The lowest BCUT2D eigenvalue weighted by atomic mass is 10.0. The maximum absolute atomic E-state index is 4.18. The molecule has 0 rings (SSSR count). The van der Waals surface area contributed by atoms with Crippen molar-refractivity contribution in [2.75, 3.05) is 11.1 Å². The van der Waals surface area contributed by atoms with E-state index in [0.717, 1.165) is 5.33 Å². The van der Waals surface area contributed by atoms with Gasteiger partial charge in [-0.3, -0.25) is 0 Å². The second-order valence-electron chi connectivity index (χ2n) is 4.11. The summed E-state index contributed by atoms with van der Waals surface area (Å²) in [4.78, 5) is 1.39. The number of hydrogen-bond acceptors (Lipinski definition) is 1. The lowest BCUT2D eigenvalue weighted by Gasteiger charge is -2.13. The minimum absolute atomic E-state index is 0.696. The van der Waals surface area contributed by atoms with Crippen molar-refractivity contribution < 1.29 is 0 Å². The first-order valence-corrected chi connectivity index (χ1v) is 8.20. The van der Waals surface area contributed by atoms with Gasteiger partial charge in [0, 0.05) is 5.33 Å². The number of hydrogen-bond donors (Lipinski definition) is 0. The van der Waals surface area contributed by atoms with Crippen LogP contribution in [0.25, 0.3) is 0 Å². The molecular formula is C13H25BrS. The van der Waals surface area contributed by atoms with E-state index < -0.39 is 0 Å². The summed E-state index contributed by atoms with van der Waals surface area (Å²) in [6.07, 6.45) is 7.93. The highest BCUT2D eigenvalue weighted by Crippen LogP contribution is 2.27. The number of thioether (sulfide) groups is 1. The fourth-order valence-electron chi connectivity index (χ4n) is 1.37. The highest BCUT2D eigenvalue weighted by Gasteiger charge is 2.06. The van der Waals surface area contributed by atoms with Crippen molar-refractivity contribution in [1.82, 2.24) is 0 Å². The lowest BCUT2D eigenvalue weighted by molar-refractivity contribution is 0.573. The molecule has 0 fully saturated rings. The van der Waals surface area contributed by atoms with E-state index in [4.69, 9.17) is 0 Å². The average molecular weight is 293 g/mol. The molecule has 0 radical (unpaired) electrons. The predicted molar refractivity (Wildman–Crippen MR) is 77.9 cm³/mol. The number of unbranched alkanes of at least 4 members (excludes halogenated alkanes) is 3. The highest BCUT2D eigenvalue weighted by atomic mass is 79.9. The van der Waals surface area contributed by atoms with Crippen molar-refractivity contribution in [3.05, 3.63) is 11.5 Å². The molecule has 0 aliphatic rings. The summed E-state index contributed by atoms with van der Waals surface area (Å²) in [5, 5.41) is 1.15. The predicted octanol–water partition coefficient (Wildman–Crippen LogP) is 5.62. The molecule has 0 saturated carbocycles. The van der Waals surface area contributed by atoms with E-state index in [1.54, 1.807) is 0 Å². The van der Waals surface area contributed by atoms with Gasteiger partial charge in [0.15, 0.2) is 0 Å². The van der Waals surface area contributed by atoms with Crippen molar-refractivity contribution in [3.63, 3.8) is 0 Å². The van der Waals surface area contributed by atoms with E-state index in [9.17, 15) is 0 Å². The molecule has 0 aliphatic heterocycles. The Balaban J connectivity index is 3.42. The van der Waals surface area contributed by atoms with Crippen LogP contribution < -0.4 is 0 Å². The summed E-state index contributed by atoms with van der Waals surface area (Å²) in [5.74, 6) is 1.95. The fraction of sp³-hybridized carbons (Fsp3) is 0.846. The molecule has 0 nitrogen and oxygen atoms in total. The van der Waals surface area contributed by atoms with Gasteiger partial charge in [-0.05, 0) is 35.8 Å². The standard InChI is InChI=1S/C13H25BrS/c1-4-5-11-15-13(3)12(2)9-7-6-8-10-14/h12H,3-11H2,1-2H3. The Morgan fingerprint density at radius 1 is 1.27 bits per heavy atom. The topological polar surface area (TPSA) is 0 Å². The summed E-state index contributed by atoms with van der Waals surface area (Å²) in [5.41, 5.74) is 0. The molecule has 0 saturated heterocycles. The summed E-state index contributed by atoms with van der Waals surface area (Å²) < 4.78 is 0. The van der Waals surface area contributed by atoms with Gasteiger partial charge in [-0.1, -0.05) is 55.6 Å². The summed E-state index contributed by atoms with van der Waals surface area (Å²) >= 11 is 5.44. The molecule has 0 bridgehead atoms. The van der Waals surface area contributed by atoms with Gasteiger partial charge in [-0.2, -0.15) is 0 Å². The number of rotatable bonds is 10. The molecule has 0 amide bonds. The van der Waals surface area contributed by atoms with Crippen LogP contribution in [-0.4, -0.2) is 11.1 Å². The Morgan fingerprint density at radius 3 is 2.60 bits per heavy atom. The molecule has 0 aromatic carbocycles. The van der Waals surface area contributed by atoms with E-state index >= 15 is 0 Å². The number of halogens is 1. The van der Waals surface area contributed by atoms with E-state index in [0.29, 0.717) is 5.92 Å². The maximum Gasteiger partial charge on any atom is 0.00313 e. The monoisotopic (exact) mass is 292 g/mol. The Labute approximate surface area is 108 Å². The molecule has 0 heterocycles. The van der Waals surface area contributed by atoms with E-state index in [1.165, 1.54) is 49.2 Å². The lowest BCUT2D eigenvalue weighted by Crippen LogP contribution is -1.96. The molecule has 1 unspecified atom stereocenters. The van der Waals surface area contributed by atoms with Gasteiger partial charge >= 0.3 is 0 Å². The van der Waals surface area contributed by atoms with Crippen LogP contribution in [0.5, 0.6) is 0 Å². The Kier molecular flexibility index (Phi) is 11.5. The fourth-order valence-corrected chi connectivity index (χ4v) is 2.87. The molecule has 0 aromatic heterocycles. The van der Waals surface area contributed by atoms with Gasteiger partial charge in [0.2, 0.25) is 0 Å². The van der Waals surface area contributed by atoms with Gasteiger partial charge in [0.05, 0.1) is 0 Å². The van der Waals surface area contributed by atoms with Crippen LogP contribution in [0.2, 0.25) is 0 Å². The summed E-state index contributed by atoms with van der Waals surface area (Å²) in [7, 11) is 0. The molecule has 2 heteroatoms. The molecule has 0 N–H and O–H groups in total. The van der Waals surface area contributed by atoms with Crippen LogP contribution in [0.15, 0.2) is 11.5 Å². The molecule has 90 valence electrons. The minimum Gasteiger partial charge on any atom is -0.131 e. The third-order valence-electron chi connectivity index (χ3n) is 2.61. The molecule has 15 heavy (non-hydrogen) atoms. The van der Waals surface area contributed by atoms with E-state index in [1.807, 2.05) is 11.8 Å². The van der Waals surface area contributed by atoms with E-state index in [-0.39, 0.29) is 0 Å². The van der Waals surface area contributed by atoms with E-state index in [2.05, 4.69) is 36.4 Å². The molecule has 0 spiro atoms. The quantitative estimate of drug-likeness (QED) is 0.372. The van der Waals surface area contributed by atoms with Crippen LogP contribution in [0.1, 0.15) is 52.4 Å². The van der Waals surface area contributed by atoms with Crippen molar-refractivity contribution in [3.8, 4) is 0 Å². The third-order valence-corrected chi connectivity index (χ3v) is 4.43. The first-order chi connectivity index (χ1) is 7.22. The zero-order chi connectivity index (χ0) is 11.5. The van der Waals surface area contributed by atoms with Gasteiger partial charge in [-0.25, -0.2) is 0 Å². The summed E-state index contributed by atoms with van der Waals surface area (Å²) in [6, 6.07) is 0. The third kappa shape index (κ3) is 9.50. The van der Waals surface area contributed by atoms with Gasteiger partial charge in [0.1, 0.15) is 0 Å². The zero-order valence-corrected chi connectivity index (χ0v) is 12.6. The minimum atomic E-state index is 0.696. The van der Waals surface area contributed by atoms with Crippen LogP contribution in [-0.2, 0) is 0 Å². The second-order valence-corrected chi connectivity index (χ2v) is 6.12. The smallest absolute Gasteiger partial charge is 0.00313 e. The first kappa shape index (κ1) is 15.6. The normalized spacial score (nSPS) is 12.7. The maximum atomic E-state index is 4.18. The Morgan fingerprint density at radius 2 is 2.00 bits per heavy atom. The molecule has 0 aromatic rings. The van der Waals surface area contributed by atoms with Crippen LogP contribution in [0, 0.1) is 5.92 Å². The highest BCUT2D eigenvalue weighted by molar-refractivity contribution is 9.09. The SMILES string of the molecule is C=C(SCCCC)C(C)CCCCCBr. The second kappa shape index (κ2) is 11.1. The van der Waals surface area contributed by atoms with Crippen LogP contribution in [0.4, 0.5) is 0 Å².